The topological polar surface area (TPSA) is 87.7 Å². The number of methoxy groups -OCH3 is 1. The van der Waals surface area contributed by atoms with Crippen molar-refractivity contribution in [3.8, 4) is 5.75 Å². The molecule has 0 atom stereocenters. The summed E-state index contributed by atoms with van der Waals surface area (Å²) in [6.07, 6.45) is 0. The van der Waals surface area contributed by atoms with Gasteiger partial charge in [0.2, 0.25) is 11.8 Å². The number of nitrogens with one attached hydrogen (secondary N) is 2. The zero-order valence-corrected chi connectivity index (χ0v) is 15.6. The van der Waals surface area contributed by atoms with Gasteiger partial charge in [0, 0.05) is 38.3 Å². The van der Waals surface area contributed by atoms with Gasteiger partial charge in [-0.05, 0) is 30.3 Å². The lowest BCUT2D eigenvalue weighted by Crippen LogP contribution is -2.37. The van der Waals surface area contributed by atoms with E-state index in [1.54, 1.807) is 48.5 Å². The van der Waals surface area contributed by atoms with Crippen LogP contribution >= 0.6 is 0 Å². The largest absolute Gasteiger partial charge is 0.496 e. The van der Waals surface area contributed by atoms with Gasteiger partial charge in [-0.2, -0.15) is 0 Å². The second-order valence-corrected chi connectivity index (χ2v) is 5.86. The summed E-state index contributed by atoms with van der Waals surface area (Å²) in [6.45, 7) is 3.43. The highest BCUT2D eigenvalue weighted by molar-refractivity contribution is 5.97. The molecule has 2 N–H and O–H groups in total. The third kappa shape index (κ3) is 5.57. The number of benzene rings is 2. The highest BCUT2D eigenvalue weighted by Crippen LogP contribution is 2.20. The molecule has 0 aromatic heterocycles. The van der Waals surface area contributed by atoms with E-state index in [1.807, 2.05) is 0 Å². The summed E-state index contributed by atoms with van der Waals surface area (Å²) in [4.78, 5) is 37.1. The van der Waals surface area contributed by atoms with Gasteiger partial charge in [0.05, 0.1) is 12.7 Å². The van der Waals surface area contributed by atoms with Crippen molar-refractivity contribution < 1.29 is 19.1 Å². The Labute approximate surface area is 158 Å². The Morgan fingerprint density at radius 3 is 2.44 bits per heavy atom. The lowest BCUT2D eigenvalue weighted by Gasteiger charge is -2.22. The average molecular weight is 369 g/mol. The van der Waals surface area contributed by atoms with Crippen LogP contribution in [-0.4, -0.2) is 37.9 Å². The van der Waals surface area contributed by atoms with Crippen LogP contribution in [0.5, 0.6) is 5.75 Å². The molecular formula is C20H23N3O4. The monoisotopic (exact) mass is 369 g/mol. The van der Waals surface area contributed by atoms with Crippen LogP contribution in [0.4, 0.5) is 11.4 Å². The van der Waals surface area contributed by atoms with E-state index in [-0.39, 0.29) is 24.3 Å². The van der Waals surface area contributed by atoms with Crippen LogP contribution in [0.25, 0.3) is 0 Å². The number of ether oxygens (including phenoxy) is 1. The van der Waals surface area contributed by atoms with Crippen molar-refractivity contribution in [2.45, 2.75) is 13.8 Å². The maximum atomic E-state index is 12.3. The summed E-state index contributed by atoms with van der Waals surface area (Å²) in [5, 5.41) is 5.48. The first-order chi connectivity index (χ1) is 12.9. The second-order valence-electron chi connectivity index (χ2n) is 5.86. The van der Waals surface area contributed by atoms with Crippen LogP contribution in [0.3, 0.4) is 0 Å². The molecule has 0 unspecified atom stereocenters. The summed E-state index contributed by atoms with van der Waals surface area (Å²) in [7, 11) is 1.51. The van der Waals surface area contributed by atoms with E-state index in [0.717, 1.165) is 0 Å². The minimum absolute atomic E-state index is 0.165. The smallest absolute Gasteiger partial charge is 0.255 e. The summed E-state index contributed by atoms with van der Waals surface area (Å²) in [5.74, 6) is -0.142. The molecule has 0 saturated carbocycles. The Morgan fingerprint density at radius 2 is 1.78 bits per heavy atom. The predicted octanol–water partition coefficient (Wildman–Crippen LogP) is 2.44. The Hall–Kier alpha value is -3.35. The van der Waals surface area contributed by atoms with Gasteiger partial charge in [-0.1, -0.05) is 18.2 Å². The lowest BCUT2D eigenvalue weighted by molar-refractivity contribution is -0.116. The van der Waals surface area contributed by atoms with Crippen molar-refractivity contribution in [3.05, 3.63) is 54.1 Å². The molecule has 0 aliphatic heterocycles. The Bertz CT molecular complexity index is 835. The van der Waals surface area contributed by atoms with E-state index in [9.17, 15) is 14.4 Å². The zero-order chi connectivity index (χ0) is 19.8. The minimum atomic E-state index is -0.275. The molecule has 0 spiro atoms. The van der Waals surface area contributed by atoms with Crippen LogP contribution in [0.1, 0.15) is 24.2 Å². The summed E-state index contributed by atoms with van der Waals surface area (Å²) < 4.78 is 5.19. The van der Waals surface area contributed by atoms with Gasteiger partial charge in [-0.3, -0.25) is 14.4 Å². The number of amides is 3. The van der Waals surface area contributed by atoms with E-state index < -0.39 is 0 Å². The van der Waals surface area contributed by atoms with Gasteiger partial charge in [0.25, 0.3) is 5.91 Å². The molecule has 0 heterocycles. The second kappa shape index (κ2) is 9.38. The number of carbonyl (C=O) groups excluding carboxylic acids is 3. The number of para-hydroxylation sites is 1. The molecule has 2 aromatic rings. The Kier molecular flexibility index (Phi) is 6.93. The molecule has 0 aliphatic carbocycles. The van der Waals surface area contributed by atoms with E-state index in [1.165, 1.54) is 25.9 Å². The first-order valence-electron chi connectivity index (χ1n) is 8.49. The number of nitrogens with zero attached hydrogens (tertiary/aromatic N) is 1. The standard InChI is InChI=1S/C20H23N3O4/c1-14(24)22-16-7-6-8-17(13-16)23(15(2)25)12-11-21-20(26)18-9-4-5-10-19(18)27-3/h4-10,13H,11-12H2,1-3H3,(H,21,26)(H,22,24). The molecule has 3 amide bonds. The molecule has 7 heteroatoms. The van der Waals surface area contributed by atoms with Crippen molar-refractivity contribution in [2.75, 3.05) is 30.4 Å². The van der Waals surface area contributed by atoms with Crippen molar-refractivity contribution in [2.24, 2.45) is 0 Å². The third-order valence-electron chi connectivity index (χ3n) is 3.83. The van der Waals surface area contributed by atoms with Crippen LogP contribution in [0.2, 0.25) is 0 Å². The van der Waals surface area contributed by atoms with Gasteiger partial charge in [-0.15, -0.1) is 0 Å². The Balaban J connectivity index is 2.04. The van der Waals surface area contributed by atoms with Gasteiger partial charge in [0.15, 0.2) is 0 Å². The van der Waals surface area contributed by atoms with E-state index in [4.69, 9.17) is 4.74 Å². The average Bonchev–Trinajstić information content (AvgIpc) is 2.64. The summed E-state index contributed by atoms with van der Waals surface area (Å²) in [5.41, 5.74) is 1.67. The van der Waals surface area contributed by atoms with E-state index in [0.29, 0.717) is 29.2 Å². The fraction of sp³-hybridized carbons (Fsp3) is 0.250. The molecule has 7 nitrogen and oxygen atoms in total. The maximum absolute atomic E-state index is 12.3. The third-order valence-corrected chi connectivity index (χ3v) is 3.83. The SMILES string of the molecule is COc1ccccc1C(=O)NCCN(C(C)=O)c1cccc(NC(C)=O)c1. The number of carbonyl (C=O) groups is 3. The van der Waals surface area contributed by atoms with Gasteiger partial charge >= 0.3 is 0 Å². The molecule has 142 valence electrons. The highest BCUT2D eigenvalue weighted by atomic mass is 16.5. The first-order valence-corrected chi connectivity index (χ1v) is 8.49. The quantitative estimate of drug-likeness (QED) is 0.785. The molecule has 0 fully saturated rings. The normalized spacial score (nSPS) is 10.0. The van der Waals surface area contributed by atoms with Crippen LogP contribution in [-0.2, 0) is 9.59 Å². The summed E-state index contributed by atoms with van der Waals surface area (Å²) in [6, 6.07) is 13.9. The molecule has 0 radical (unpaired) electrons. The van der Waals surface area contributed by atoms with Crippen LogP contribution in [0.15, 0.2) is 48.5 Å². The van der Waals surface area contributed by atoms with Gasteiger partial charge in [0.1, 0.15) is 5.75 Å². The maximum Gasteiger partial charge on any atom is 0.255 e. The fourth-order valence-electron chi connectivity index (χ4n) is 2.63. The molecule has 0 saturated heterocycles. The minimum Gasteiger partial charge on any atom is -0.496 e. The lowest BCUT2D eigenvalue weighted by atomic mass is 10.2. The molecule has 0 aliphatic rings. The van der Waals surface area contributed by atoms with Crippen molar-refractivity contribution in [3.63, 3.8) is 0 Å². The summed E-state index contributed by atoms with van der Waals surface area (Å²) >= 11 is 0. The number of rotatable bonds is 7. The number of anilines is 2. The molecule has 0 bridgehead atoms. The molecule has 2 aromatic carbocycles. The number of hydrogen-bond donors (Lipinski definition) is 2. The number of hydrogen-bond acceptors (Lipinski definition) is 4. The van der Waals surface area contributed by atoms with Gasteiger partial charge < -0.3 is 20.3 Å². The fourth-order valence-corrected chi connectivity index (χ4v) is 2.63. The molecule has 2 rings (SSSR count). The van der Waals surface area contributed by atoms with Crippen LogP contribution < -0.4 is 20.3 Å². The van der Waals surface area contributed by atoms with E-state index in [2.05, 4.69) is 10.6 Å². The van der Waals surface area contributed by atoms with Gasteiger partial charge in [-0.25, -0.2) is 0 Å². The van der Waals surface area contributed by atoms with Crippen molar-refractivity contribution >= 4 is 29.1 Å². The van der Waals surface area contributed by atoms with E-state index >= 15 is 0 Å². The van der Waals surface area contributed by atoms with Crippen molar-refractivity contribution in [1.29, 1.82) is 0 Å². The van der Waals surface area contributed by atoms with Crippen LogP contribution in [0, 0.1) is 0 Å². The highest BCUT2D eigenvalue weighted by Gasteiger charge is 2.14. The molecular weight excluding hydrogens is 346 g/mol. The predicted molar refractivity (Wildman–Crippen MR) is 104 cm³/mol. The first kappa shape index (κ1) is 20.0. The molecule has 27 heavy (non-hydrogen) atoms. The zero-order valence-electron chi connectivity index (χ0n) is 15.6. The Morgan fingerprint density at radius 1 is 1.04 bits per heavy atom. The van der Waals surface area contributed by atoms with Crippen molar-refractivity contribution in [1.82, 2.24) is 5.32 Å².